The van der Waals surface area contributed by atoms with Gasteiger partial charge in [0.25, 0.3) is 0 Å². The molecule has 0 saturated carbocycles. The second-order valence-corrected chi connectivity index (χ2v) is 7.86. The van der Waals surface area contributed by atoms with Gasteiger partial charge in [-0.3, -0.25) is 14.7 Å². The van der Waals surface area contributed by atoms with E-state index in [1.807, 2.05) is 44.2 Å². The third kappa shape index (κ3) is 6.59. The van der Waals surface area contributed by atoms with E-state index >= 15 is 0 Å². The Kier molecular flexibility index (Phi) is 7.66. The number of aromatic nitrogens is 3. The molecule has 3 N–H and O–H groups in total. The number of hydrogen-bond donors (Lipinski definition) is 3. The molecular formula is C18H25N5O3S. The van der Waals surface area contributed by atoms with Crippen molar-refractivity contribution in [3.05, 3.63) is 46.4 Å². The molecule has 0 radical (unpaired) electrons. The molecule has 2 rings (SSSR count). The van der Waals surface area contributed by atoms with Crippen molar-refractivity contribution in [1.82, 2.24) is 25.4 Å². The molecule has 1 aromatic carbocycles. The third-order valence-corrected chi connectivity index (χ3v) is 4.84. The van der Waals surface area contributed by atoms with Crippen LogP contribution in [0.1, 0.15) is 26.3 Å². The normalized spacial score (nSPS) is 12.0. The molecule has 0 bridgehead atoms. The molecule has 2 aromatic rings. The topological polar surface area (TPSA) is 109 Å². The lowest BCUT2D eigenvalue weighted by molar-refractivity contribution is -0.119. The van der Waals surface area contributed by atoms with Gasteiger partial charge in [0.05, 0.1) is 5.25 Å². The average molecular weight is 391 g/mol. The molecule has 0 fully saturated rings. The monoisotopic (exact) mass is 391 g/mol. The quantitative estimate of drug-likeness (QED) is 0.594. The highest BCUT2D eigenvalue weighted by atomic mass is 32.2. The number of nitrogens with zero attached hydrogens (tertiary/aromatic N) is 2. The highest BCUT2D eigenvalue weighted by Crippen LogP contribution is 2.20. The predicted octanol–water partition coefficient (Wildman–Crippen LogP) is 1.78. The van der Waals surface area contributed by atoms with E-state index in [1.54, 1.807) is 6.92 Å². The molecule has 0 spiro atoms. The van der Waals surface area contributed by atoms with Gasteiger partial charge in [-0.05, 0) is 24.8 Å². The molecule has 0 aliphatic carbocycles. The van der Waals surface area contributed by atoms with Gasteiger partial charge in [-0.15, -0.1) is 5.10 Å². The van der Waals surface area contributed by atoms with Crippen LogP contribution < -0.4 is 16.3 Å². The summed E-state index contributed by atoms with van der Waals surface area (Å²) >= 11 is 1.13. The van der Waals surface area contributed by atoms with Gasteiger partial charge in [0.2, 0.25) is 5.91 Å². The third-order valence-electron chi connectivity index (χ3n) is 3.75. The molecule has 3 amide bonds. The minimum atomic E-state index is -0.583. The van der Waals surface area contributed by atoms with Gasteiger partial charge >= 0.3 is 11.7 Å². The molecule has 0 saturated heterocycles. The number of amides is 3. The Bertz CT molecular complexity index is 816. The number of benzene rings is 1. The summed E-state index contributed by atoms with van der Waals surface area (Å²) in [5.41, 5.74) is 0.782. The maximum atomic E-state index is 12.2. The number of thioether (sulfide) groups is 1. The maximum Gasteiger partial charge on any atom is 0.343 e. The predicted molar refractivity (Wildman–Crippen MR) is 105 cm³/mol. The number of imide groups is 1. The van der Waals surface area contributed by atoms with Crippen LogP contribution in [0.5, 0.6) is 0 Å². The first kappa shape index (κ1) is 20.8. The van der Waals surface area contributed by atoms with Crippen LogP contribution in [0.15, 0.2) is 40.3 Å². The summed E-state index contributed by atoms with van der Waals surface area (Å²) in [4.78, 5) is 35.9. The molecule has 1 unspecified atom stereocenters. The minimum Gasteiger partial charge on any atom is -0.338 e. The SMILES string of the molecule is CC(C)CNC(=O)NC(=O)C(C)Sc1n[nH]c(=O)n1CCc1ccccc1. The molecule has 0 aliphatic heterocycles. The van der Waals surface area contributed by atoms with E-state index in [0.717, 1.165) is 17.3 Å². The first-order valence-electron chi connectivity index (χ1n) is 8.81. The van der Waals surface area contributed by atoms with E-state index in [2.05, 4.69) is 20.8 Å². The van der Waals surface area contributed by atoms with Crippen molar-refractivity contribution < 1.29 is 9.59 Å². The zero-order valence-corrected chi connectivity index (χ0v) is 16.5. The van der Waals surface area contributed by atoms with E-state index in [9.17, 15) is 14.4 Å². The van der Waals surface area contributed by atoms with Crippen LogP contribution in [-0.4, -0.2) is 38.5 Å². The summed E-state index contributed by atoms with van der Waals surface area (Å²) in [5.74, 6) is -0.146. The Morgan fingerprint density at radius 2 is 1.93 bits per heavy atom. The van der Waals surface area contributed by atoms with Crippen LogP contribution in [0.3, 0.4) is 0 Å². The Hall–Kier alpha value is -2.55. The molecule has 1 atom stereocenters. The first-order chi connectivity index (χ1) is 12.9. The fourth-order valence-corrected chi connectivity index (χ4v) is 3.12. The standard InChI is InChI=1S/C18H25N5O3S/c1-12(2)11-19-16(25)20-15(24)13(3)27-18-22-21-17(26)23(18)10-9-14-7-5-4-6-8-14/h4-8,12-13H,9-11H2,1-3H3,(H,21,26)(H2,19,20,24,25). The van der Waals surface area contributed by atoms with E-state index in [-0.39, 0.29) is 5.69 Å². The van der Waals surface area contributed by atoms with Crippen molar-refractivity contribution in [2.45, 2.75) is 44.1 Å². The number of carbonyl (C=O) groups excluding carboxylic acids is 2. The lowest BCUT2D eigenvalue weighted by Crippen LogP contribution is -2.43. The van der Waals surface area contributed by atoms with Crippen LogP contribution >= 0.6 is 11.8 Å². The smallest absolute Gasteiger partial charge is 0.338 e. The Balaban J connectivity index is 1.93. The Labute approximate surface area is 162 Å². The second kappa shape index (κ2) is 9.96. The number of carbonyl (C=O) groups is 2. The molecule has 0 aliphatic rings. The largest absolute Gasteiger partial charge is 0.343 e. The van der Waals surface area contributed by atoms with Gasteiger partial charge in [-0.25, -0.2) is 14.7 Å². The number of rotatable bonds is 8. The molecule has 1 heterocycles. The summed E-state index contributed by atoms with van der Waals surface area (Å²) in [6.45, 7) is 6.53. The van der Waals surface area contributed by atoms with Gasteiger partial charge in [-0.2, -0.15) is 0 Å². The highest BCUT2D eigenvalue weighted by molar-refractivity contribution is 8.00. The molecule has 8 nitrogen and oxygen atoms in total. The summed E-state index contributed by atoms with van der Waals surface area (Å²) in [7, 11) is 0. The van der Waals surface area contributed by atoms with Crippen LogP contribution in [-0.2, 0) is 17.8 Å². The number of urea groups is 1. The van der Waals surface area contributed by atoms with Crippen molar-refractivity contribution in [1.29, 1.82) is 0 Å². The van der Waals surface area contributed by atoms with Gasteiger partial charge in [-0.1, -0.05) is 55.9 Å². The number of nitrogens with one attached hydrogen (secondary N) is 3. The maximum absolute atomic E-state index is 12.2. The fourth-order valence-electron chi connectivity index (χ4n) is 2.24. The summed E-state index contributed by atoms with van der Waals surface area (Å²) in [6.07, 6.45) is 0.673. The van der Waals surface area contributed by atoms with Crippen molar-refractivity contribution in [3.63, 3.8) is 0 Å². The van der Waals surface area contributed by atoms with Gasteiger partial charge < -0.3 is 5.32 Å². The van der Waals surface area contributed by atoms with Crippen molar-refractivity contribution in [3.8, 4) is 0 Å². The Morgan fingerprint density at radius 3 is 2.59 bits per heavy atom. The van der Waals surface area contributed by atoms with Crippen LogP contribution in [0.4, 0.5) is 4.79 Å². The van der Waals surface area contributed by atoms with E-state index in [4.69, 9.17) is 0 Å². The number of aryl methyl sites for hydroxylation is 1. The van der Waals surface area contributed by atoms with Crippen molar-refractivity contribution in [2.24, 2.45) is 5.92 Å². The highest BCUT2D eigenvalue weighted by Gasteiger charge is 2.20. The second-order valence-electron chi connectivity index (χ2n) is 6.55. The molecular weight excluding hydrogens is 366 g/mol. The minimum absolute atomic E-state index is 0.292. The molecule has 9 heteroatoms. The zero-order chi connectivity index (χ0) is 19.8. The molecule has 27 heavy (non-hydrogen) atoms. The van der Waals surface area contributed by atoms with Crippen LogP contribution in [0.25, 0.3) is 0 Å². The van der Waals surface area contributed by atoms with Crippen molar-refractivity contribution in [2.75, 3.05) is 6.54 Å². The van der Waals surface area contributed by atoms with E-state index in [1.165, 1.54) is 4.57 Å². The molecule has 146 valence electrons. The van der Waals surface area contributed by atoms with Crippen LogP contribution in [0.2, 0.25) is 0 Å². The van der Waals surface area contributed by atoms with Gasteiger partial charge in [0.1, 0.15) is 0 Å². The average Bonchev–Trinajstić information content (AvgIpc) is 2.98. The number of aromatic amines is 1. The first-order valence-corrected chi connectivity index (χ1v) is 9.69. The van der Waals surface area contributed by atoms with Gasteiger partial charge in [0, 0.05) is 13.1 Å². The Morgan fingerprint density at radius 1 is 1.22 bits per heavy atom. The van der Waals surface area contributed by atoms with E-state index < -0.39 is 17.2 Å². The lowest BCUT2D eigenvalue weighted by Gasteiger charge is -2.13. The summed E-state index contributed by atoms with van der Waals surface area (Å²) in [5, 5.41) is 11.2. The number of H-pyrrole nitrogens is 1. The van der Waals surface area contributed by atoms with E-state index in [0.29, 0.717) is 30.6 Å². The van der Waals surface area contributed by atoms with Crippen LogP contribution in [0, 0.1) is 5.92 Å². The summed E-state index contributed by atoms with van der Waals surface area (Å²) in [6, 6.07) is 9.28. The lowest BCUT2D eigenvalue weighted by atomic mass is 10.1. The zero-order valence-electron chi connectivity index (χ0n) is 15.7. The molecule has 1 aromatic heterocycles. The fraction of sp³-hybridized carbons (Fsp3) is 0.444. The number of hydrogen-bond acceptors (Lipinski definition) is 5. The van der Waals surface area contributed by atoms with Crippen molar-refractivity contribution >= 4 is 23.7 Å². The van der Waals surface area contributed by atoms with Gasteiger partial charge in [0.15, 0.2) is 5.16 Å². The summed E-state index contributed by atoms with van der Waals surface area (Å²) < 4.78 is 1.50.